The highest BCUT2D eigenvalue weighted by molar-refractivity contribution is 5.93. The summed E-state index contributed by atoms with van der Waals surface area (Å²) in [6, 6.07) is 7.45. The van der Waals surface area contributed by atoms with E-state index in [0.717, 1.165) is 16.5 Å². The van der Waals surface area contributed by atoms with E-state index in [4.69, 9.17) is 29.8 Å². The van der Waals surface area contributed by atoms with E-state index in [0.29, 0.717) is 34.4 Å². The topological polar surface area (TPSA) is 123 Å². The third kappa shape index (κ3) is 2.79. The van der Waals surface area contributed by atoms with Gasteiger partial charge in [0.05, 0.1) is 20.5 Å². The highest BCUT2D eigenvalue weighted by Crippen LogP contribution is 2.45. The number of fused-ring (bicyclic) bond motifs is 1. The van der Waals surface area contributed by atoms with Gasteiger partial charge in [-0.3, -0.25) is 0 Å². The maximum absolute atomic E-state index is 6.09. The highest BCUT2D eigenvalue weighted by atomic mass is 16.5. The van der Waals surface area contributed by atoms with Crippen LogP contribution in [0.2, 0.25) is 0 Å². The zero-order chi connectivity index (χ0) is 19.8. The molecule has 8 heteroatoms. The Morgan fingerprint density at radius 2 is 1.89 bits per heavy atom. The molecule has 1 atom stereocenters. The zero-order valence-electron chi connectivity index (χ0n) is 15.7. The summed E-state index contributed by atoms with van der Waals surface area (Å²) in [4.78, 5) is 8.15. The Morgan fingerprint density at radius 3 is 2.54 bits per heavy atom. The minimum atomic E-state index is -0.148. The lowest BCUT2D eigenvalue weighted by Crippen LogP contribution is -2.07. The molecular formula is C20H20N4O4. The Kier molecular flexibility index (Phi) is 4.31. The second-order valence-corrected chi connectivity index (χ2v) is 6.32. The summed E-state index contributed by atoms with van der Waals surface area (Å²) < 4.78 is 22.6. The number of hydrogen-bond acceptors (Lipinski definition) is 8. The van der Waals surface area contributed by atoms with Gasteiger partial charge in [-0.05, 0) is 29.8 Å². The van der Waals surface area contributed by atoms with Crippen LogP contribution in [0.3, 0.4) is 0 Å². The number of benzene rings is 1. The van der Waals surface area contributed by atoms with Gasteiger partial charge in [-0.25, -0.2) is 4.98 Å². The number of anilines is 2. The minimum Gasteiger partial charge on any atom is -0.493 e. The van der Waals surface area contributed by atoms with E-state index in [9.17, 15) is 0 Å². The van der Waals surface area contributed by atoms with E-state index in [1.54, 1.807) is 32.7 Å². The molecule has 0 spiro atoms. The summed E-state index contributed by atoms with van der Waals surface area (Å²) in [5.74, 6) is 2.57. The third-order valence-electron chi connectivity index (χ3n) is 4.75. The van der Waals surface area contributed by atoms with Gasteiger partial charge in [0.25, 0.3) is 0 Å². The molecule has 4 rings (SSSR count). The number of ether oxygens (including phenoxy) is 2. The van der Waals surface area contributed by atoms with Gasteiger partial charge in [0.2, 0.25) is 11.7 Å². The molecule has 8 nitrogen and oxygen atoms in total. The van der Waals surface area contributed by atoms with Crippen molar-refractivity contribution < 1.29 is 18.3 Å². The van der Waals surface area contributed by atoms with E-state index in [-0.39, 0.29) is 11.9 Å². The number of rotatable bonds is 5. The second-order valence-electron chi connectivity index (χ2n) is 6.32. The van der Waals surface area contributed by atoms with Crippen molar-refractivity contribution in [3.63, 3.8) is 0 Å². The first-order valence-electron chi connectivity index (χ1n) is 8.63. The summed E-state index contributed by atoms with van der Waals surface area (Å²) in [6.45, 7) is 2.01. The number of furan rings is 2. The lowest BCUT2D eigenvalue weighted by molar-refractivity contribution is 0.353. The fourth-order valence-corrected chi connectivity index (χ4v) is 3.33. The summed E-state index contributed by atoms with van der Waals surface area (Å²) in [7, 11) is 3.15. The standard InChI is InChI=1S/C20H20N4O4/c1-10(13-9-23-20(22)24-19(13)21)11-7-16(25-2)18(26-3)17-12(11)8-15(28-17)14-5-4-6-27-14/h4-10H,1-3H3,(H4,21,22,23,24). The smallest absolute Gasteiger partial charge is 0.221 e. The molecule has 4 aromatic rings. The van der Waals surface area contributed by atoms with E-state index in [2.05, 4.69) is 9.97 Å². The summed E-state index contributed by atoms with van der Waals surface area (Å²) in [6.07, 6.45) is 3.23. The molecule has 1 aromatic carbocycles. The molecule has 0 bridgehead atoms. The van der Waals surface area contributed by atoms with E-state index < -0.39 is 0 Å². The summed E-state index contributed by atoms with van der Waals surface area (Å²) in [5.41, 5.74) is 14.0. The Labute approximate surface area is 161 Å². The van der Waals surface area contributed by atoms with Gasteiger partial charge in [-0.15, -0.1) is 0 Å². The lowest BCUT2D eigenvalue weighted by atomic mass is 9.91. The third-order valence-corrected chi connectivity index (χ3v) is 4.75. The quantitative estimate of drug-likeness (QED) is 0.536. The predicted molar refractivity (Wildman–Crippen MR) is 105 cm³/mol. The summed E-state index contributed by atoms with van der Waals surface area (Å²) >= 11 is 0. The fraction of sp³-hybridized carbons (Fsp3) is 0.200. The molecule has 0 fully saturated rings. The van der Waals surface area contributed by atoms with Gasteiger partial charge < -0.3 is 29.8 Å². The van der Waals surface area contributed by atoms with Gasteiger partial charge >= 0.3 is 0 Å². The van der Waals surface area contributed by atoms with Crippen molar-refractivity contribution in [1.29, 1.82) is 0 Å². The van der Waals surface area contributed by atoms with Crippen LogP contribution in [-0.4, -0.2) is 24.2 Å². The van der Waals surface area contributed by atoms with Crippen LogP contribution in [0.1, 0.15) is 24.0 Å². The molecule has 0 amide bonds. The fourth-order valence-electron chi connectivity index (χ4n) is 3.33. The minimum absolute atomic E-state index is 0.134. The van der Waals surface area contributed by atoms with E-state index in [1.807, 2.05) is 25.1 Å². The molecule has 0 radical (unpaired) electrons. The van der Waals surface area contributed by atoms with Crippen molar-refractivity contribution in [3.05, 3.63) is 47.9 Å². The molecule has 144 valence electrons. The van der Waals surface area contributed by atoms with Crippen molar-refractivity contribution in [2.45, 2.75) is 12.8 Å². The van der Waals surface area contributed by atoms with Crippen molar-refractivity contribution >= 4 is 22.7 Å². The molecule has 0 aliphatic heterocycles. The molecule has 4 N–H and O–H groups in total. The van der Waals surface area contributed by atoms with Crippen LogP contribution in [0, 0.1) is 0 Å². The van der Waals surface area contributed by atoms with Crippen molar-refractivity contribution in [2.24, 2.45) is 0 Å². The van der Waals surface area contributed by atoms with Gasteiger partial charge in [0.15, 0.2) is 22.9 Å². The molecular weight excluding hydrogens is 360 g/mol. The molecule has 1 unspecified atom stereocenters. The van der Waals surface area contributed by atoms with Crippen LogP contribution in [0.4, 0.5) is 11.8 Å². The molecule has 28 heavy (non-hydrogen) atoms. The molecule has 0 saturated carbocycles. The number of aromatic nitrogens is 2. The first-order valence-corrected chi connectivity index (χ1v) is 8.63. The normalized spacial score (nSPS) is 12.2. The van der Waals surface area contributed by atoms with Crippen molar-refractivity contribution in [2.75, 3.05) is 25.7 Å². The van der Waals surface area contributed by atoms with Crippen LogP contribution in [0.25, 0.3) is 22.5 Å². The van der Waals surface area contributed by atoms with E-state index in [1.165, 1.54) is 0 Å². The van der Waals surface area contributed by atoms with E-state index >= 15 is 0 Å². The van der Waals surface area contributed by atoms with Gasteiger partial charge in [0, 0.05) is 23.1 Å². The number of methoxy groups -OCH3 is 2. The average molecular weight is 380 g/mol. The molecule has 0 aliphatic rings. The average Bonchev–Trinajstić information content (AvgIpc) is 3.35. The number of nitrogen functional groups attached to an aromatic ring is 2. The van der Waals surface area contributed by atoms with Gasteiger partial charge in [-0.2, -0.15) is 4.98 Å². The van der Waals surface area contributed by atoms with Crippen molar-refractivity contribution in [1.82, 2.24) is 9.97 Å². The SMILES string of the molecule is COc1cc(C(C)c2cnc(N)nc2N)c2cc(-c3ccco3)oc2c1OC. The van der Waals surface area contributed by atoms with Crippen molar-refractivity contribution in [3.8, 4) is 23.0 Å². The Bertz CT molecular complexity index is 1140. The number of hydrogen-bond donors (Lipinski definition) is 2. The van der Waals surface area contributed by atoms with Gasteiger partial charge in [-0.1, -0.05) is 6.92 Å². The maximum Gasteiger partial charge on any atom is 0.221 e. The Balaban J connectivity index is 1.96. The first-order chi connectivity index (χ1) is 13.5. The summed E-state index contributed by atoms with van der Waals surface area (Å²) in [5, 5.41) is 0.854. The lowest BCUT2D eigenvalue weighted by Gasteiger charge is -2.17. The monoisotopic (exact) mass is 380 g/mol. The largest absolute Gasteiger partial charge is 0.493 e. The van der Waals surface area contributed by atoms with Gasteiger partial charge in [0.1, 0.15) is 5.82 Å². The molecule has 0 saturated heterocycles. The number of nitrogens with zero attached hydrogens (tertiary/aromatic N) is 2. The number of nitrogens with two attached hydrogens (primary N) is 2. The Hall–Kier alpha value is -3.68. The second kappa shape index (κ2) is 6.80. The maximum atomic E-state index is 6.09. The van der Waals surface area contributed by atoms with Crippen LogP contribution in [0.15, 0.2) is 45.6 Å². The molecule has 3 aromatic heterocycles. The van der Waals surface area contributed by atoms with Crippen LogP contribution in [-0.2, 0) is 0 Å². The zero-order valence-corrected chi connectivity index (χ0v) is 15.7. The molecule has 0 aliphatic carbocycles. The van der Waals surface area contributed by atoms with Crippen LogP contribution in [0.5, 0.6) is 11.5 Å². The van der Waals surface area contributed by atoms with Crippen LogP contribution >= 0.6 is 0 Å². The molecule has 3 heterocycles. The van der Waals surface area contributed by atoms with Crippen LogP contribution < -0.4 is 20.9 Å². The predicted octanol–water partition coefficient (Wildman–Crippen LogP) is 3.82. The highest BCUT2D eigenvalue weighted by Gasteiger charge is 2.24. The first kappa shape index (κ1) is 17.7. The Morgan fingerprint density at radius 1 is 1.07 bits per heavy atom.